The monoisotopic (exact) mass is 218 g/mol. The Morgan fingerprint density at radius 3 is 2.56 bits per heavy atom. The Morgan fingerprint density at radius 1 is 1.31 bits per heavy atom. The first-order valence-corrected chi connectivity index (χ1v) is 5.05. The van der Waals surface area contributed by atoms with E-state index in [-0.39, 0.29) is 6.61 Å². The van der Waals surface area contributed by atoms with Crippen molar-refractivity contribution in [2.75, 3.05) is 7.11 Å². The first-order valence-electron chi connectivity index (χ1n) is 5.05. The van der Waals surface area contributed by atoms with E-state index in [9.17, 15) is 5.11 Å². The lowest BCUT2D eigenvalue weighted by Gasteiger charge is -2.02. The van der Waals surface area contributed by atoms with Crippen molar-refractivity contribution in [3.63, 3.8) is 0 Å². The molecular weight excluding hydrogens is 204 g/mol. The average molecular weight is 218 g/mol. The number of hydrogen-bond acceptors (Lipinski definition) is 3. The molecule has 1 aromatic heterocycles. The second-order valence-corrected chi connectivity index (χ2v) is 3.56. The molecule has 0 aliphatic heterocycles. The van der Waals surface area contributed by atoms with Crippen LogP contribution in [0.1, 0.15) is 11.3 Å². The predicted molar refractivity (Wildman–Crippen MR) is 61.2 cm³/mol. The minimum atomic E-state index is -0.0102. The minimum Gasteiger partial charge on any atom is -0.497 e. The first kappa shape index (κ1) is 10.7. The number of aliphatic hydroxyl groups is 1. The molecule has 0 atom stereocenters. The maximum Gasteiger partial charge on any atom is 0.118 e. The molecule has 2 aromatic rings. The fourth-order valence-electron chi connectivity index (χ4n) is 1.63. The summed E-state index contributed by atoms with van der Waals surface area (Å²) >= 11 is 0. The van der Waals surface area contributed by atoms with Gasteiger partial charge in [-0.3, -0.25) is 5.10 Å². The zero-order valence-electron chi connectivity index (χ0n) is 9.32. The molecule has 0 saturated carbocycles. The Labute approximate surface area is 93.9 Å². The summed E-state index contributed by atoms with van der Waals surface area (Å²) in [5.74, 6) is 0.807. The molecule has 0 aliphatic rings. The van der Waals surface area contributed by atoms with E-state index >= 15 is 0 Å². The van der Waals surface area contributed by atoms with Crippen LogP contribution in [0.3, 0.4) is 0 Å². The quantitative estimate of drug-likeness (QED) is 0.827. The Kier molecular flexibility index (Phi) is 2.92. The Morgan fingerprint density at radius 2 is 2.00 bits per heavy atom. The zero-order valence-corrected chi connectivity index (χ0v) is 9.32. The van der Waals surface area contributed by atoms with Crippen LogP contribution in [0, 0.1) is 6.92 Å². The molecule has 0 spiro atoms. The van der Waals surface area contributed by atoms with Crippen molar-refractivity contribution in [3.8, 4) is 17.0 Å². The number of methoxy groups -OCH3 is 1. The van der Waals surface area contributed by atoms with Crippen LogP contribution in [-0.2, 0) is 6.61 Å². The number of aromatic amines is 1. The largest absolute Gasteiger partial charge is 0.497 e. The van der Waals surface area contributed by atoms with Gasteiger partial charge in [-0.25, -0.2) is 0 Å². The molecule has 0 amide bonds. The third-order valence-electron chi connectivity index (χ3n) is 2.60. The van der Waals surface area contributed by atoms with Gasteiger partial charge in [0.2, 0.25) is 0 Å². The maximum absolute atomic E-state index is 9.27. The summed E-state index contributed by atoms with van der Waals surface area (Å²) in [7, 11) is 1.63. The second-order valence-electron chi connectivity index (χ2n) is 3.56. The number of nitrogens with one attached hydrogen (secondary N) is 1. The molecule has 16 heavy (non-hydrogen) atoms. The number of ether oxygens (including phenoxy) is 1. The van der Waals surface area contributed by atoms with Gasteiger partial charge in [0, 0.05) is 16.8 Å². The van der Waals surface area contributed by atoms with Gasteiger partial charge in [0.05, 0.1) is 19.4 Å². The van der Waals surface area contributed by atoms with Crippen LogP contribution >= 0.6 is 0 Å². The van der Waals surface area contributed by atoms with Gasteiger partial charge in [0.25, 0.3) is 0 Å². The van der Waals surface area contributed by atoms with Crippen molar-refractivity contribution in [1.82, 2.24) is 10.2 Å². The number of aromatic nitrogens is 2. The Hall–Kier alpha value is -1.81. The second kappa shape index (κ2) is 4.37. The molecule has 2 rings (SSSR count). The maximum atomic E-state index is 9.27. The highest BCUT2D eigenvalue weighted by atomic mass is 16.5. The van der Waals surface area contributed by atoms with Crippen LogP contribution < -0.4 is 4.74 Å². The summed E-state index contributed by atoms with van der Waals surface area (Å²) in [5.41, 5.74) is 3.50. The molecule has 0 radical (unpaired) electrons. The topological polar surface area (TPSA) is 58.1 Å². The standard InChI is InChI=1S/C12H14N2O2/c1-8-11(7-15)12(14-13-8)9-3-5-10(16-2)6-4-9/h3-6,15H,7H2,1-2H3,(H,13,14). The van der Waals surface area contributed by atoms with Crippen LogP contribution in [0.15, 0.2) is 24.3 Å². The van der Waals surface area contributed by atoms with E-state index in [4.69, 9.17) is 4.74 Å². The molecule has 0 saturated heterocycles. The summed E-state index contributed by atoms with van der Waals surface area (Å²) in [6, 6.07) is 7.60. The Bertz CT molecular complexity index is 474. The molecule has 0 unspecified atom stereocenters. The summed E-state index contributed by atoms with van der Waals surface area (Å²) in [6.45, 7) is 1.88. The smallest absolute Gasteiger partial charge is 0.118 e. The third-order valence-corrected chi connectivity index (χ3v) is 2.60. The molecule has 4 heteroatoms. The summed E-state index contributed by atoms with van der Waals surface area (Å²) in [6.07, 6.45) is 0. The van der Waals surface area contributed by atoms with E-state index < -0.39 is 0 Å². The van der Waals surface area contributed by atoms with Crippen molar-refractivity contribution in [2.24, 2.45) is 0 Å². The SMILES string of the molecule is COc1ccc(-c2n[nH]c(C)c2CO)cc1. The molecular formula is C12H14N2O2. The van der Waals surface area contributed by atoms with Gasteiger partial charge >= 0.3 is 0 Å². The zero-order chi connectivity index (χ0) is 11.5. The molecule has 84 valence electrons. The molecule has 2 N–H and O–H groups in total. The summed E-state index contributed by atoms with van der Waals surface area (Å²) in [5, 5.41) is 16.3. The number of rotatable bonds is 3. The normalized spacial score (nSPS) is 10.4. The van der Waals surface area contributed by atoms with Gasteiger partial charge in [-0.2, -0.15) is 5.10 Å². The third kappa shape index (κ3) is 1.79. The van der Waals surface area contributed by atoms with Gasteiger partial charge < -0.3 is 9.84 Å². The number of aliphatic hydroxyl groups excluding tert-OH is 1. The lowest BCUT2D eigenvalue weighted by atomic mass is 10.1. The van der Waals surface area contributed by atoms with Gasteiger partial charge in [0.1, 0.15) is 5.75 Å². The van der Waals surface area contributed by atoms with Crippen molar-refractivity contribution >= 4 is 0 Å². The van der Waals surface area contributed by atoms with Crippen LogP contribution in [0.2, 0.25) is 0 Å². The van der Waals surface area contributed by atoms with Crippen LogP contribution in [0.25, 0.3) is 11.3 Å². The minimum absolute atomic E-state index is 0.0102. The van der Waals surface area contributed by atoms with Crippen molar-refractivity contribution in [3.05, 3.63) is 35.5 Å². The summed E-state index contributed by atoms with van der Waals surface area (Å²) in [4.78, 5) is 0. The fraction of sp³-hybridized carbons (Fsp3) is 0.250. The van der Waals surface area contributed by atoms with Crippen LogP contribution in [0.4, 0.5) is 0 Å². The van der Waals surface area contributed by atoms with E-state index in [2.05, 4.69) is 10.2 Å². The van der Waals surface area contributed by atoms with Gasteiger partial charge in [-0.1, -0.05) is 0 Å². The van der Waals surface area contributed by atoms with E-state index in [1.165, 1.54) is 0 Å². The lowest BCUT2D eigenvalue weighted by molar-refractivity contribution is 0.281. The van der Waals surface area contributed by atoms with Crippen molar-refractivity contribution < 1.29 is 9.84 Å². The average Bonchev–Trinajstić information content (AvgIpc) is 2.70. The van der Waals surface area contributed by atoms with Crippen molar-refractivity contribution in [2.45, 2.75) is 13.5 Å². The highest BCUT2D eigenvalue weighted by Gasteiger charge is 2.10. The number of benzene rings is 1. The predicted octanol–water partition coefficient (Wildman–Crippen LogP) is 1.89. The van der Waals surface area contributed by atoms with Crippen molar-refractivity contribution in [1.29, 1.82) is 0 Å². The highest BCUT2D eigenvalue weighted by Crippen LogP contribution is 2.25. The van der Waals surface area contributed by atoms with Gasteiger partial charge in [-0.15, -0.1) is 0 Å². The summed E-state index contributed by atoms with van der Waals surface area (Å²) < 4.78 is 5.09. The highest BCUT2D eigenvalue weighted by molar-refractivity contribution is 5.64. The van der Waals surface area contributed by atoms with E-state index in [0.717, 1.165) is 28.3 Å². The molecule has 1 aromatic carbocycles. The van der Waals surface area contributed by atoms with E-state index in [0.29, 0.717) is 0 Å². The van der Waals surface area contributed by atoms with Crippen LogP contribution in [-0.4, -0.2) is 22.4 Å². The number of nitrogens with zero attached hydrogens (tertiary/aromatic N) is 1. The molecule has 0 fully saturated rings. The number of H-pyrrole nitrogens is 1. The van der Waals surface area contributed by atoms with Gasteiger partial charge in [0.15, 0.2) is 0 Å². The molecule has 0 aliphatic carbocycles. The van der Waals surface area contributed by atoms with E-state index in [1.54, 1.807) is 7.11 Å². The number of aryl methyl sites for hydroxylation is 1. The van der Waals surface area contributed by atoms with Gasteiger partial charge in [-0.05, 0) is 31.2 Å². The molecule has 4 nitrogen and oxygen atoms in total. The lowest BCUT2D eigenvalue weighted by Crippen LogP contribution is -1.88. The first-order chi connectivity index (χ1) is 7.76. The van der Waals surface area contributed by atoms with E-state index in [1.807, 2.05) is 31.2 Å². The fourth-order valence-corrected chi connectivity index (χ4v) is 1.63. The number of hydrogen-bond donors (Lipinski definition) is 2. The molecule has 1 heterocycles. The van der Waals surface area contributed by atoms with Crippen LogP contribution in [0.5, 0.6) is 5.75 Å². The molecule has 0 bridgehead atoms. The Balaban J connectivity index is 2.42.